The van der Waals surface area contributed by atoms with Crippen molar-refractivity contribution in [1.29, 1.82) is 0 Å². The Morgan fingerprint density at radius 2 is 1.91 bits per heavy atom. The number of benzene rings is 1. The fourth-order valence-electron chi connectivity index (χ4n) is 2.76. The lowest BCUT2D eigenvalue weighted by Gasteiger charge is -2.33. The first-order valence-corrected chi connectivity index (χ1v) is 7.32. The van der Waals surface area contributed by atoms with Crippen molar-refractivity contribution in [3.63, 3.8) is 0 Å². The molecule has 0 spiro atoms. The Hall–Kier alpha value is -0.810. The number of piperidine rings is 1. The fourth-order valence-corrected chi connectivity index (χ4v) is 2.76. The van der Waals surface area contributed by atoms with Gasteiger partial charge in [0.15, 0.2) is 0 Å². The zero-order valence-corrected chi connectivity index (χ0v) is 15.0. The lowest BCUT2D eigenvalue weighted by molar-refractivity contribution is -0.127. The zero-order chi connectivity index (χ0) is 14.5. The Kier molecular flexibility index (Phi) is 9.69. The summed E-state index contributed by atoms with van der Waals surface area (Å²) in [4.78, 5) is 14.6. The third-order valence-corrected chi connectivity index (χ3v) is 4.04. The molecule has 0 bridgehead atoms. The van der Waals surface area contributed by atoms with E-state index in [0.29, 0.717) is 5.92 Å². The number of rotatable bonds is 4. The van der Waals surface area contributed by atoms with Gasteiger partial charge in [-0.1, -0.05) is 37.3 Å². The van der Waals surface area contributed by atoms with E-state index in [1.54, 1.807) is 0 Å². The molecule has 1 aliphatic heterocycles. The molecule has 1 fully saturated rings. The van der Waals surface area contributed by atoms with Crippen molar-refractivity contribution in [2.75, 3.05) is 27.2 Å². The quantitative estimate of drug-likeness (QED) is 0.877. The maximum Gasteiger partial charge on any atom is 0.242 e. The van der Waals surface area contributed by atoms with Crippen LogP contribution < -0.4 is 10.6 Å². The molecule has 0 radical (unpaired) electrons. The highest BCUT2D eigenvalue weighted by Gasteiger charge is 2.28. The van der Waals surface area contributed by atoms with Crippen LogP contribution in [0, 0.1) is 5.92 Å². The summed E-state index contributed by atoms with van der Waals surface area (Å²) in [6.07, 6.45) is 1.11. The maximum absolute atomic E-state index is 12.6. The Bertz CT molecular complexity index is 442. The van der Waals surface area contributed by atoms with Gasteiger partial charge in [0, 0.05) is 12.6 Å². The minimum Gasteiger partial charge on any atom is -0.350 e. The zero-order valence-electron chi connectivity index (χ0n) is 13.4. The molecule has 3 unspecified atom stereocenters. The molecule has 1 aromatic rings. The number of halogens is 2. The molecule has 4 nitrogen and oxygen atoms in total. The summed E-state index contributed by atoms with van der Waals surface area (Å²) in [5.41, 5.74) is 1.03. The van der Waals surface area contributed by atoms with Gasteiger partial charge in [0.05, 0.1) is 0 Å². The Balaban J connectivity index is 0.00000220. The molecule has 1 aliphatic rings. The van der Waals surface area contributed by atoms with Crippen molar-refractivity contribution in [3.8, 4) is 0 Å². The van der Waals surface area contributed by atoms with Gasteiger partial charge in [0.25, 0.3) is 0 Å². The number of hydrogen-bond donors (Lipinski definition) is 2. The second-order valence-electron chi connectivity index (χ2n) is 5.86. The molecule has 0 aromatic heterocycles. The predicted molar refractivity (Wildman–Crippen MR) is 95.9 cm³/mol. The molecule has 1 amide bonds. The van der Waals surface area contributed by atoms with Crippen LogP contribution in [0.1, 0.15) is 24.9 Å². The van der Waals surface area contributed by atoms with Crippen molar-refractivity contribution in [3.05, 3.63) is 35.9 Å². The van der Waals surface area contributed by atoms with Gasteiger partial charge in [0.2, 0.25) is 5.91 Å². The number of amides is 1. The fraction of sp³-hybridized carbons (Fsp3) is 0.562. The summed E-state index contributed by atoms with van der Waals surface area (Å²) in [7, 11) is 3.89. The lowest BCUT2D eigenvalue weighted by Crippen LogP contribution is -2.52. The first-order valence-electron chi connectivity index (χ1n) is 7.32. The van der Waals surface area contributed by atoms with Crippen LogP contribution in [-0.4, -0.2) is 44.0 Å². The molecule has 1 saturated heterocycles. The van der Waals surface area contributed by atoms with E-state index in [1.165, 1.54) is 0 Å². The number of carbonyl (C=O) groups excluding carboxylic acids is 1. The van der Waals surface area contributed by atoms with Crippen LogP contribution in [0.3, 0.4) is 0 Å². The van der Waals surface area contributed by atoms with Crippen LogP contribution in [0.4, 0.5) is 0 Å². The average molecular weight is 348 g/mol. The van der Waals surface area contributed by atoms with Crippen LogP contribution in [0.5, 0.6) is 0 Å². The highest BCUT2D eigenvalue weighted by molar-refractivity contribution is 5.85. The molecule has 6 heteroatoms. The van der Waals surface area contributed by atoms with Crippen LogP contribution in [0.15, 0.2) is 30.3 Å². The van der Waals surface area contributed by atoms with E-state index in [0.717, 1.165) is 25.1 Å². The van der Waals surface area contributed by atoms with E-state index in [-0.39, 0.29) is 42.8 Å². The van der Waals surface area contributed by atoms with Gasteiger partial charge in [0.1, 0.15) is 6.04 Å². The van der Waals surface area contributed by atoms with E-state index in [9.17, 15) is 4.79 Å². The number of nitrogens with zero attached hydrogens (tertiary/aromatic N) is 1. The van der Waals surface area contributed by atoms with E-state index in [2.05, 4.69) is 17.6 Å². The first kappa shape index (κ1) is 21.2. The standard InChI is InChI=1S/C16H25N3O.2ClH/c1-12-9-10-17-11-14(12)18-16(20)15(19(2)3)13-7-5-4-6-8-13;;/h4-8,12,14-15,17H,9-11H2,1-3H3,(H,18,20);2*1H. The van der Waals surface area contributed by atoms with Gasteiger partial charge >= 0.3 is 0 Å². The predicted octanol–water partition coefficient (Wildman–Crippen LogP) is 2.25. The first-order chi connectivity index (χ1) is 9.59. The van der Waals surface area contributed by atoms with Crippen LogP contribution in [0.25, 0.3) is 0 Å². The third kappa shape index (κ3) is 5.43. The number of hydrogen-bond acceptors (Lipinski definition) is 3. The topological polar surface area (TPSA) is 44.4 Å². The van der Waals surface area contributed by atoms with E-state index in [4.69, 9.17) is 0 Å². The minimum absolute atomic E-state index is 0. The molecule has 1 heterocycles. The smallest absolute Gasteiger partial charge is 0.242 e. The Morgan fingerprint density at radius 1 is 1.27 bits per heavy atom. The van der Waals surface area contributed by atoms with Crippen molar-refractivity contribution >= 4 is 30.7 Å². The summed E-state index contributed by atoms with van der Waals surface area (Å²) >= 11 is 0. The monoisotopic (exact) mass is 347 g/mol. The molecule has 2 rings (SSSR count). The lowest BCUT2D eigenvalue weighted by atomic mass is 9.94. The van der Waals surface area contributed by atoms with Gasteiger partial charge in [-0.25, -0.2) is 0 Å². The number of nitrogens with one attached hydrogen (secondary N) is 2. The van der Waals surface area contributed by atoms with Gasteiger partial charge in [-0.15, -0.1) is 24.8 Å². The highest BCUT2D eigenvalue weighted by atomic mass is 35.5. The van der Waals surface area contributed by atoms with Gasteiger partial charge in [-0.3, -0.25) is 9.69 Å². The molecule has 22 heavy (non-hydrogen) atoms. The largest absolute Gasteiger partial charge is 0.350 e. The summed E-state index contributed by atoms with van der Waals surface area (Å²) in [6.45, 7) is 4.12. The minimum atomic E-state index is -0.231. The summed E-state index contributed by atoms with van der Waals surface area (Å²) in [5, 5.41) is 6.56. The van der Waals surface area contributed by atoms with Gasteiger partial charge < -0.3 is 10.6 Å². The van der Waals surface area contributed by atoms with E-state index < -0.39 is 0 Å². The van der Waals surface area contributed by atoms with E-state index >= 15 is 0 Å². The molecular weight excluding hydrogens is 321 g/mol. The number of carbonyl (C=O) groups is 1. The average Bonchev–Trinajstić information content (AvgIpc) is 2.42. The molecule has 3 atom stereocenters. The van der Waals surface area contributed by atoms with Crippen molar-refractivity contribution in [2.24, 2.45) is 5.92 Å². The molecule has 0 saturated carbocycles. The third-order valence-electron chi connectivity index (χ3n) is 4.04. The van der Waals surface area contributed by atoms with Gasteiger partial charge in [-0.2, -0.15) is 0 Å². The highest BCUT2D eigenvalue weighted by Crippen LogP contribution is 2.19. The summed E-state index contributed by atoms with van der Waals surface area (Å²) in [5.74, 6) is 0.612. The van der Waals surface area contributed by atoms with Crippen LogP contribution in [-0.2, 0) is 4.79 Å². The van der Waals surface area contributed by atoms with Crippen LogP contribution >= 0.6 is 24.8 Å². The number of likely N-dealkylation sites (N-methyl/N-ethyl adjacent to an activating group) is 1. The second kappa shape index (κ2) is 10.1. The van der Waals surface area contributed by atoms with Crippen molar-refractivity contribution in [2.45, 2.75) is 25.4 Å². The molecule has 0 aliphatic carbocycles. The molecular formula is C16H27Cl2N3O. The Morgan fingerprint density at radius 3 is 2.45 bits per heavy atom. The van der Waals surface area contributed by atoms with Crippen molar-refractivity contribution in [1.82, 2.24) is 15.5 Å². The molecule has 126 valence electrons. The van der Waals surface area contributed by atoms with Crippen LogP contribution in [0.2, 0.25) is 0 Å². The van der Waals surface area contributed by atoms with Crippen molar-refractivity contribution < 1.29 is 4.79 Å². The second-order valence-corrected chi connectivity index (χ2v) is 5.86. The van der Waals surface area contributed by atoms with Gasteiger partial charge in [-0.05, 0) is 38.5 Å². The summed E-state index contributed by atoms with van der Waals surface area (Å²) in [6, 6.07) is 9.93. The normalized spacial score (nSPS) is 22.2. The molecule has 1 aromatic carbocycles. The molecule has 2 N–H and O–H groups in total. The Labute approximate surface area is 145 Å². The summed E-state index contributed by atoms with van der Waals surface area (Å²) < 4.78 is 0. The maximum atomic E-state index is 12.6. The SMILES string of the molecule is CC1CCNCC1NC(=O)C(c1ccccc1)N(C)C.Cl.Cl. The van der Waals surface area contributed by atoms with E-state index in [1.807, 2.05) is 49.3 Å².